The number of esters is 1. The Kier molecular flexibility index (Phi) is 3.81. The number of hydrogen-bond acceptors (Lipinski definition) is 3. The highest BCUT2D eigenvalue weighted by atomic mass is 16.5. The van der Waals surface area contributed by atoms with Crippen LogP contribution in [0.3, 0.4) is 0 Å². The molecule has 3 aromatic carbocycles. The zero-order chi connectivity index (χ0) is 16.4. The van der Waals surface area contributed by atoms with Crippen LogP contribution in [0.2, 0.25) is 0 Å². The van der Waals surface area contributed by atoms with Gasteiger partial charge in [0.1, 0.15) is 0 Å². The van der Waals surface area contributed by atoms with Crippen molar-refractivity contribution in [2.75, 3.05) is 7.11 Å². The standard InChI is InChI=1S/C19H15NO3/c1-23-19(22)14-8-6-13(7-9-14)17-15-5-3-2-4-12(15)10-11-16(17)18(20)21/h2-11H,1H3,(H2,20,21). The minimum atomic E-state index is -0.484. The monoisotopic (exact) mass is 305 g/mol. The van der Waals surface area contributed by atoms with Crippen molar-refractivity contribution in [1.82, 2.24) is 0 Å². The van der Waals surface area contributed by atoms with Crippen molar-refractivity contribution in [2.45, 2.75) is 0 Å². The number of amides is 1. The fraction of sp³-hybridized carbons (Fsp3) is 0.0526. The Bertz CT molecular complexity index is 898. The van der Waals surface area contributed by atoms with Crippen molar-refractivity contribution >= 4 is 22.6 Å². The number of benzene rings is 3. The van der Waals surface area contributed by atoms with Gasteiger partial charge in [-0.05, 0) is 34.5 Å². The molecular formula is C19H15NO3. The Morgan fingerprint density at radius 3 is 2.26 bits per heavy atom. The van der Waals surface area contributed by atoms with E-state index >= 15 is 0 Å². The lowest BCUT2D eigenvalue weighted by Gasteiger charge is -2.12. The summed E-state index contributed by atoms with van der Waals surface area (Å²) in [4.78, 5) is 23.4. The first kappa shape index (κ1) is 14.8. The van der Waals surface area contributed by atoms with E-state index in [-0.39, 0.29) is 0 Å². The maximum absolute atomic E-state index is 11.8. The summed E-state index contributed by atoms with van der Waals surface area (Å²) in [5.41, 5.74) is 8.03. The summed E-state index contributed by atoms with van der Waals surface area (Å²) in [5.74, 6) is -0.882. The molecule has 0 atom stereocenters. The highest BCUT2D eigenvalue weighted by Crippen LogP contribution is 2.32. The summed E-state index contributed by atoms with van der Waals surface area (Å²) in [5, 5.41) is 1.96. The van der Waals surface area contributed by atoms with E-state index in [0.717, 1.165) is 21.9 Å². The molecule has 3 aromatic rings. The van der Waals surface area contributed by atoms with Crippen LogP contribution >= 0.6 is 0 Å². The molecule has 0 aliphatic carbocycles. The number of ether oxygens (including phenoxy) is 1. The number of carbonyl (C=O) groups is 2. The highest BCUT2D eigenvalue weighted by Gasteiger charge is 2.14. The van der Waals surface area contributed by atoms with Crippen molar-refractivity contribution in [3.05, 3.63) is 71.8 Å². The average Bonchev–Trinajstić information content (AvgIpc) is 2.60. The molecule has 0 fully saturated rings. The van der Waals surface area contributed by atoms with E-state index in [1.807, 2.05) is 30.3 Å². The van der Waals surface area contributed by atoms with Gasteiger partial charge in [-0.25, -0.2) is 4.79 Å². The number of methoxy groups -OCH3 is 1. The second-order valence-corrected chi connectivity index (χ2v) is 5.14. The maximum atomic E-state index is 11.8. The second-order valence-electron chi connectivity index (χ2n) is 5.14. The molecule has 0 saturated carbocycles. The van der Waals surface area contributed by atoms with Crippen molar-refractivity contribution < 1.29 is 14.3 Å². The number of carbonyl (C=O) groups excluding carboxylic acids is 2. The Morgan fingerprint density at radius 2 is 1.61 bits per heavy atom. The van der Waals surface area contributed by atoms with E-state index in [1.165, 1.54) is 7.11 Å². The molecule has 0 radical (unpaired) electrons. The van der Waals surface area contributed by atoms with Crippen LogP contribution in [0, 0.1) is 0 Å². The van der Waals surface area contributed by atoms with Crippen molar-refractivity contribution in [2.24, 2.45) is 5.73 Å². The van der Waals surface area contributed by atoms with E-state index in [2.05, 4.69) is 0 Å². The van der Waals surface area contributed by atoms with Gasteiger partial charge in [0.25, 0.3) is 0 Å². The lowest BCUT2D eigenvalue weighted by molar-refractivity contribution is 0.0600. The Labute approximate surface area is 133 Å². The van der Waals surface area contributed by atoms with Crippen LogP contribution in [-0.2, 0) is 4.74 Å². The quantitative estimate of drug-likeness (QED) is 0.754. The largest absolute Gasteiger partial charge is 0.465 e. The second kappa shape index (κ2) is 5.93. The Hall–Kier alpha value is -3.14. The molecule has 4 nitrogen and oxygen atoms in total. The molecule has 2 N–H and O–H groups in total. The SMILES string of the molecule is COC(=O)c1ccc(-c2c(C(N)=O)ccc3ccccc23)cc1. The van der Waals surface area contributed by atoms with Crippen LogP contribution < -0.4 is 5.73 Å². The molecule has 0 saturated heterocycles. The summed E-state index contributed by atoms with van der Waals surface area (Å²) in [6, 6.07) is 18.3. The molecule has 0 aliphatic rings. The van der Waals surface area contributed by atoms with Gasteiger partial charge in [-0.1, -0.05) is 42.5 Å². The van der Waals surface area contributed by atoms with Gasteiger partial charge in [0.05, 0.1) is 12.7 Å². The zero-order valence-corrected chi connectivity index (χ0v) is 12.6. The van der Waals surface area contributed by atoms with Gasteiger partial charge in [0.2, 0.25) is 5.91 Å². The predicted octanol–water partition coefficient (Wildman–Crippen LogP) is 3.39. The number of primary amides is 1. The lowest BCUT2D eigenvalue weighted by atomic mass is 9.92. The molecule has 0 aliphatic heterocycles. The third-order valence-corrected chi connectivity index (χ3v) is 3.79. The average molecular weight is 305 g/mol. The van der Waals surface area contributed by atoms with Crippen molar-refractivity contribution in [1.29, 1.82) is 0 Å². The molecule has 0 bridgehead atoms. The van der Waals surface area contributed by atoms with Crippen molar-refractivity contribution in [3.63, 3.8) is 0 Å². The molecule has 1 amide bonds. The maximum Gasteiger partial charge on any atom is 0.337 e. The number of hydrogen-bond donors (Lipinski definition) is 1. The number of nitrogens with two attached hydrogens (primary N) is 1. The highest BCUT2D eigenvalue weighted by molar-refractivity contribution is 6.09. The van der Waals surface area contributed by atoms with Gasteiger partial charge in [0.15, 0.2) is 0 Å². The smallest absolute Gasteiger partial charge is 0.337 e. The third-order valence-electron chi connectivity index (χ3n) is 3.79. The van der Waals surface area contributed by atoms with E-state index < -0.39 is 11.9 Å². The Morgan fingerprint density at radius 1 is 0.913 bits per heavy atom. The minimum Gasteiger partial charge on any atom is -0.465 e. The van der Waals surface area contributed by atoms with Crippen molar-refractivity contribution in [3.8, 4) is 11.1 Å². The molecule has 114 valence electrons. The van der Waals surface area contributed by atoms with E-state index in [0.29, 0.717) is 11.1 Å². The Balaban J connectivity index is 2.23. The fourth-order valence-corrected chi connectivity index (χ4v) is 2.68. The summed E-state index contributed by atoms with van der Waals surface area (Å²) < 4.78 is 4.70. The molecule has 3 rings (SSSR count). The van der Waals surface area contributed by atoms with Gasteiger partial charge in [-0.15, -0.1) is 0 Å². The van der Waals surface area contributed by atoms with Gasteiger partial charge in [0, 0.05) is 11.1 Å². The molecule has 0 unspecified atom stereocenters. The van der Waals surface area contributed by atoms with Crippen LogP contribution in [-0.4, -0.2) is 19.0 Å². The molecule has 0 spiro atoms. The van der Waals surface area contributed by atoms with E-state index in [4.69, 9.17) is 10.5 Å². The van der Waals surface area contributed by atoms with E-state index in [9.17, 15) is 9.59 Å². The topological polar surface area (TPSA) is 69.4 Å². The van der Waals surface area contributed by atoms with Gasteiger partial charge < -0.3 is 10.5 Å². The van der Waals surface area contributed by atoms with Crippen LogP contribution in [0.5, 0.6) is 0 Å². The van der Waals surface area contributed by atoms with Crippen LogP contribution in [0.1, 0.15) is 20.7 Å². The van der Waals surface area contributed by atoms with Gasteiger partial charge in [-0.2, -0.15) is 0 Å². The van der Waals surface area contributed by atoms with Crippen LogP contribution in [0.15, 0.2) is 60.7 Å². The molecule has 4 heteroatoms. The lowest BCUT2D eigenvalue weighted by Crippen LogP contribution is -2.12. The van der Waals surface area contributed by atoms with Crippen LogP contribution in [0.4, 0.5) is 0 Å². The summed E-state index contributed by atoms with van der Waals surface area (Å²) in [6.45, 7) is 0. The first-order valence-corrected chi connectivity index (χ1v) is 7.12. The van der Waals surface area contributed by atoms with Gasteiger partial charge >= 0.3 is 5.97 Å². The first-order chi connectivity index (χ1) is 11.1. The molecule has 0 aromatic heterocycles. The van der Waals surface area contributed by atoms with Crippen LogP contribution in [0.25, 0.3) is 21.9 Å². The predicted molar refractivity (Wildman–Crippen MR) is 89.2 cm³/mol. The first-order valence-electron chi connectivity index (χ1n) is 7.12. The molecular weight excluding hydrogens is 290 g/mol. The fourth-order valence-electron chi connectivity index (χ4n) is 2.68. The summed E-state index contributed by atoms with van der Waals surface area (Å²) >= 11 is 0. The normalized spacial score (nSPS) is 10.5. The number of rotatable bonds is 3. The molecule has 23 heavy (non-hydrogen) atoms. The summed E-state index contributed by atoms with van der Waals surface area (Å²) in [6.07, 6.45) is 0. The molecule has 0 heterocycles. The van der Waals surface area contributed by atoms with Gasteiger partial charge in [-0.3, -0.25) is 4.79 Å². The zero-order valence-electron chi connectivity index (χ0n) is 12.6. The number of fused-ring (bicyclic) bond motifs is 1. The third kappa shape index (κ3) is 2.66. The summed E-state index contributed by atoms with van der Waals surface area (Å²) in [7, 11) is 1.34. The minimum absolute atomic E-state index is 0.399. The van der Waals surface area contributed by atoms with E-state index in [1.54, 1.807) is 30.3 Å².